The van der Waals surface area contributed by atoms with E-state index in [1.54, 1.807) is 18.2 Å². The van der Waals surface area contributed by atoms with Gasteiger partial charge in [-0.25, -0.2) is 8.42 Å². The third-order valence-electron chi connectivity index (χ3n) is 3.74. The van der Waals surface area contributed by atoms with E-state index in [2.05, 4.69) is 5.32 Å². The zero-order valence-corrected chi connectivity index (χ0v) is 14.2. The molecule has 1 atom stereocenters. The molecule has 6 nitrogen and oxygen atoms in total. The number of sulfone groups is 1. The molecule has 26 heavy (non-hydrogen) atoms. The number of carbonyl (C=O) groups excluding carboxylic acids is 1. The summed E-state index contributed by atoms with van der Waals surface area (Å²) in [6.45, 7) is 0.438. The summed E-state index contributed by atoms with van der Waals surface area (Å²) in [6, 6.07) is 11.5. The van der Waals surface area contributed by atoms with Crippen molar-refractivity contribution >= 4 is 15.7 Å². The van der Waals surface area contributed by atoms with Gasteiger partial charge in [-0.3, -0.25) is 4.79 Å². The fraction of sp³-hybridized carbons (Fsp3) is 0.235. The topological polar surface area (TPSA) is 81.7 Å². The molecule has 0 radical (unpaired) electrons. The minimum absolute atomic E-state index is 0.148. The molecule has 3 rings (SSSR count). The first-order chi connectivity index (χ1) is 12.4. The van der Waals surface area contributed by atoms with Crippen LogP contribution in [0.1, 0.15) is 10.4 Å². The van der Waals surface area contributed by atoms with Crippen LogP contribution in [0.5, 0.6) is 11.5 Å². The molecule has 1 aliphatic rings. The van der Waals surface area contributed by atoms with E-state index in [0.717, 1.165) is 12.1 Å². The molecule has 0 saturated carbocycles. The number of ether oxygens (including phenoxy) is 2. The molecule has 1 unspecified atom stereocenters. The van der Waals surface area contributed by atoms with Crippen LogP contribution >= 0.6 is 0 Å². The number of para-hydroxylation sites is 2. The van der Waals surface area contributed by atoms with Gasteiger partial charge in [-0.05, 0) is 36.4 Å². The normalized spacial score (nSPS) is 16.3. The van der Waals surface area contributed by atoms with Gasteiger partial charge in [0.1, 0.15) is 12.7 Å². The summed E-state index contributed by atoms with van der Waals surface area (Å²) < 4.78 is 59.0. The van der Waals surface area contributed by atoms with Crippen molar-refractivity contribution in [3.63, 3.8) is 0 Å². The Balaban J connectivity index is 1.59. The van der Waals surface area contributed by atoms with E-state index in [1.807, 2.05) is 6.07 Å². The van der Waals surface area contributed by atoms with Crippen molar-refractivity contribution in [2.75, 3.05) is 13.2 Å². The quantitative estimate of drug-likeness (QED) is 0.857. The van der Waals surface area contributed by atoms with Crippen LogP contribution in [0.4, 0.5) is 8.78 Å². The predicted octanol–water partition coefficient (Wildman–Crippen LogP) is 2.25. The number of halogens is 2. The molecule has 0 bridgehead atoms. The monoisotopic (exact) mass is 383 g/mol. The largest absolute Gasteiger partial charge is 0.486 e. The molecule has 1 amide bonds. The average Bonchev–Trinajstić information content (AvgIpc) is 2.66. The minimum atomic E-state index is -4.68. The van der Waals surface area contributed by atoms with E-state index in [4.69, 9.17) is 9.47 Å². The van der Waals surface area contributed by atoms with Gasteiger partial charge in [-0.1, -0.05) is 12.1 Å². The number of hydrogen-bond acceptors (Lipinski definition) is 5. The number of fused-ring (bicyclic) bond motifs is 1. The van der Waals surface area contributed by atoms with Crippen LogP contribution in [-0.2, 0) is 9.84 Å². The minimum Gasteiger partial charge on any atom is -0.486 e. The Morgan fingerprint density at radius 2 is 1.77 bits per heavy atom. The first-order valence-corrected chi connectivity index (χ1v) is 9.21. The summed E-state index contributed by atoms with van der Waals surface area (Å²) in [5, 5.41) is 2.64. The molecule has 2 aromatic carbocycles. The number of alkyl halides is 2. The third kappa shape index (κ3) is 3.77. The van der Waals surface area contributed by atoms with Gasteiger partial charge < -0.3 is 14.8 Å². The highest BCUT2D eigenvalue weighted by atomic mass is 32.2. The van der Waals surface area contributed by atoms with Crippen molar-refractivity contribution in [3.8, 4) is 11.5 Å². The van der Waals surface area contributed by atoms with Gasteiger partial charge in [0, 0.05) is 5.56 Å². The Bertz CT molecular complexity index is 900. The Morgan fingerprint density at radius 3 is 2.42 bits per heavy atom. The lowest BCUT2D eigenvalue weighted by molar-refractivity contribution is 0.0789. The number of rotatable bonds is 5. The van der Waals surface area contributed by atoms with Crippen LogP contribution in [0.15, 0.2) is 53.4 Å². The molecule has 1 heterocycles. The number of nitrogens with one attached hydrogen (secondary N) is 1. The molecular formula is C17H15F2NO5S. The summed E-state index contributed by atoms with van der Waals surface area (Å²) in [7, 11) is -4.68. The fourth-order valence-corrected chi connectivity index (χ4v) is 3.09. The van der Waals surface area contributed by atoms with E-state index < -0.39 is 26.4 Å². The summed E-state index contributed by atoms with van der Waals surface area (Å²) in [5.74, 6) is -2.77. The van der Waals surface area contributed by atoms with E-state index in [9.17, 15) is 22.0 Å². The van der Waals surface area contributed by atoms with Gasteiger partial charge in [0.05, 0.1) is 11.4 Å². The zero-order valence-electron chi connectivity index (χ0n) is 13.4. The summed E-state index contributed by atoms with van der Waals surface area (Å²) in [5.41, 5.74) is 0.148. The van der Waals surface area contributed by atoms with Gasteiger partial charge >= 0.3 is 5.76 Å². The van der Waals surface area contributed by atoms with Crippen LogP contribution in [0, 0.1) is 0 Å². The van der Waals surface area contributed by atoms with Crippen molar-refractivity contribution in [1.82, 2.24) is 5.32 Å². The van der Waals surface area contributed by atoms with Gasteiger partial charge in [-0.2, -0.15) is 8.78 Å². The SMILES string of the molecule is O=C(NCC1COc2ccccc2O1)c1ccc(S(=O)(=O)C(F)F)cc1. The Morgan fingerprint density at radius 1 is 1.12 bits per heavy atom. The number of benzene rings is 2. The first kappa shape index (κ1) is 18.1. The molecule has 9 heteroatoms. The summed E-state index contributed by atoms with van der Waals surface area (Å²) in [4.78, 5) is 11.6. The molecule has 0 aromatic heterocycles. The summed E-state index contributed by atoms with van der Waals surface area (Å²) >= 11 is 0. The van der Waals surface area contributed by atoms with Crippen LogP contribution < -0.4 is 14.8 Å². The standard InChI is InChI=1S/C17H15F2NO5S/c18-17(19)26(22,23)13-7-5-11(6-8-13)16(21)20-9-12-10-24-14-3-1-2-4-15(14)25-12/h1-8,12,17H,9-10H2,(H,20,21). The van der Waals surface area contributed by atoms with Crippen molar-refractivity contribution in [3.05, 3.63) is 54.1 Å². The van der Waals surface area contributed by atoms with Crippen LogP contribution in [0.25, 0.3) is 0 Å². The first-order valence-electron chi connectivity index (χ1n) is 7.67. The van der Waals surface area contributed by atoms with E-state index in [1.165, 1.54) is 12.1 Å². The van der Waals surface area contributed by atoms with E-state index >= 15 is 0 Å². The smallest absolute Gasteiger partial charge is 0.341 e. The lowest BCUT2D eigenvalue weighted by Crippen LogP contribution is -2.40. The number of amides is 1. The molecular weight excluding hydrogens is 368 g/mol. The molecule has 0 spiro atoms. The lowest BCUT2D eigenvalue weighted by Gasteiger charge is -2.26. The molecule has 138 valence electrons. The van der Waals surface area contributed by atoms with Crippen molar-refractivity contribution in [2.24, 2.45) is 0 Å². The Labute approximate surface area is 148 Å². The zero-order chi connectivity index (χ0) is 18.7. The van der Waals surface area contributed by atoms with Gasteiger partial charge in [0.2, 0.25) is 9.84 Å². The highest BCUT2D eigenvalue weighted by Gasteiger charge is 2.26. The maximum Gasteiger partial charge on any atom is 0.341 e. The second kappa shape index (κ2) is 7.28. The average molecular weight is 383 g/mol. The van der Waals surface area contributed by atoms with Crippen molar-refractivity contribution < 1.29 is 31.5 Å². The molecule has 2 aromatic rings. The van der Waals surface area contributed by atoms with Crippen LogP contribution in [0.3, 0.4) is 0 Å². The van der Waals surface area contributed by atoms with Crippen molar-refractivity contribution in [1.29, 1.82) is 0 Å². The van der Waals surface area contributed by atoms with Crippen LogP contribution in [-0.4, -0.2) is 39.3 Å². The fourth-order valence-electron chi connectivity index (χ4n) is 2.37. The van der Waals surface area contributed by atoms with E-state index in [0.29, 0.717) is 11.5 Å². The van der Waals surface area contributed by atoms with Crippen molar-refractivity contribution in [2.45, 2.75) is 16.8 Å². The predicted molar refractivity (Wildman–Crippen MR) is 88.3 cm³/mol. The lowest BCUT2D eigenvalue weighted by atomic mass is 10.2. The third-order valence-corrected chi connectivity index (χ3v) is 5.14. The molecule has 0 saturated heterocycles. The molecule has 0 aliphatic carbocycles. The maximum atomic E-state index is 12.5. The number of carbonyl (C=O) groups is 1. The Hall–Kier alpha value is -2.68. The molecule has 0 fully saturated rings. The number of hydrogen-bond donors (Lipinski definition) is 1. The van der Waals surface area contributed by atoms with Gasteiger partial charge in [-0.15, -0.1) is 0 Å². The van der Waals surface area contributed by atoms with Crippen LogP contribution in [0.2, 0.25) is 0 Å². The van der Waals surface area contributed by atoms with Gasteiger partial charge in [0.25, 0.3) is 5.91 Å². The van der Waals surface area contributed by atoms with Gasteiger partial charge in [0.15, 0.2) is 11.5 Å². The summed E-state index contributed by atoms with van der Waals surface area (Å²) in [6.07, 6.45) is -0.382. The highest BCUT2D eigenvalue weighted by molar-refractivity contribution is 7.91. The molecule has 1 N–H and O–H groups in total. The van der Waals surface area contributed by atoms with E-state index in [-0.39, 0.29) is 24.8 Å². The second-order valence-electron chi connectivity index (χ2n) is 5.54. The second-order valence-corrected chi connectivity index (χ2v) is 7.46. The Kier molecular flexibility index (Phi) is 5.08. The molecule has 1 aliphatic heterocycles. The highest BCUT2D eigenvalue weighted by Crippen LogP contribution is 2.30. The maximum absolute atomic E-state index is 12.5.